The lowest BCUT2D eigenvalue weighted by Gasteiger charge is -2.10. The van der Waals surface area contributed by atoms with E-state index in [-0.39, 0.29) is 5.91 Å². The lowest BCUT2D eigenvalue weighted by atomic mass is 10.1. The van der Waals surface area contributed by atoms with Crippen LogP contribution in [0.15, 0.2) is 60.7 Å². The summed E-state index contributed by atoms with van der Waals surface area (Å²) in [7, 11) is 0. The standard InChI is InChI=1S/C14H12ClNO/c15-13(11-7-3-1-4-8-11)14(17)16-12-9-5-2-6-10-12/h1-10,13H,(H,16,17). The first-order chi connectivity index (χ1) is 8.27. The third kappa shape index (κ3) is 3.08. The van der Waals surface area contributed by atoms with Crippen LogP contribution in [0.25, 0.3) is 0 Å². The molecular formula is C14H12ClNO. The van der Waals surface area contributed by atoms with Gasteiger partial charge in [0, 0.05) is 5.69 Å². The van der Waals surface area contributed by atoms with Crippen LogP contribution in [0.2, 0.25) is 0 Å². The van der Waals surface area contributed by atoms with Gasteiger partial charge in [0.1, 0.15) is 5.38 Å². The maximum atomic E-state index is 11.9. The number of para-hydroxylation sites is 1. The first-order valence-corrected chi connectivity index (χ1v) is 5.76. The molecule has 0 fully saturated rings. The highest BCUT2D eigenvalue weighted by Crippen LogP contribution is 2.21. The molecule has 0 bridgehead atoms. The Hall–Kier alpha value is -1.80. The van der Waals surface area contributed by atoms with E-state index in [9.17, 15) is 4.79 Å². The van der Waals surface area contributed by atoms with Crippen molar-refractivity contribution >= 4 is 23.2 Å². The minimum atomic E-state index is -0.670. The number of halogens is 1. The molecule has 0 spiro atoms. The van der Waals surface area contributed by atoms with Gasteiger partial charge < -0.3 is 5.32 Å². The summed E-state index contributed by atoms with van der Waals surface area (Å²) in [6.07, 6.45) is 0. The number of carbonyl (C=O) groups is 1. The quantitative estimate of drug-likeness (QED) is 0.823. The average Bonchev–Trinajstić information content (AvgIpc) is 2.40. The monoisotopic (exact) mass is 245 g/mol. The van der Waals surface area contributed by atoms with Crippen LogP contribution in [0.3, 0.4) is 0 Å². The van der Waals surface area contributed by atoms with E-state index in [0.29, 0.717) is 0 Å². The first kappa shape index (κ1) is 11.7. The molecule has 17 heavy (non-hydrogen) atoms. The van der Waals surface area contributed by atoms with Crippen molar-refractivity contribution in [2.75, 3.05) is 5.32 Å². The van der Waals surface area contributed by atoms with E-state index in [4.69, 9.17) is 11.6 Å². The summed E-state index contributed by atoms with van der Waals surface area (Å²) < 4.78 is 0. The molecule has 2 rings (SSSR count). The second-order valence-electron chi connectivity index (χ2n) is 3.63. The molecule has 0 aliphatic carbocycles. The normalized spacial score (nSPS) is 11.8. The van der Waals surface area contributed by atoms with Crippen LogP contribution < -0.4 is 5.32 Å². The van der Waals surface area contributed by atoms with Gasteiger partial charge in [-0.1, -0.05) is 48.5 Å². The Kier molecular flexibility index (Phi) is 3.78. The van der Waals surface area contributed by atoms with E-state index in [1.807, 2.05) is 60.7 Å². The highest BCUT2D eigenvalue weighted by atomic mass is 35.5. The number of nitrogens with one attached hydrogen (secondary N) is 1. The van der Waals surface area contributed by atoms with Crippen molar-refractivity contribution in [1.29, 1.82) is 0 Å². The molecule has 0 saturated heterocycles. The van der Waals surface area contributed by atoms with Gasteiger partial charge in [-0.05, 0) is 17.7 Å². The maximum absolute atomic E-state index is 11.9. The van der Waals surface area contributed by atoms with E-state index in [0.717, 1.165) is 11.3 Å². The highest BCUT2D eigenvalue weighted by molar-refractivity contribution is 6.32. The molecule has 0 saturated carbocycles. The zero-order chi connectivity index (χ0) is 12.1. The molecule has 0 aliphatic heterocycles. The zero-order valence-corrected chi connectivity index (χ0v) is 9.89. The Morgan fingerprint density at radius 2 is 1.47 bits per heavy atom. The third-order valence-electron chi connectivity index (χ3n) is 2.36. The first-order valence-electron chi connectivity index (χ1n) is 5.32. The van der Waals surface area contributed by atoms with Crippen molar-refractivity contribution in [2.45, 2.75) is 5.38 Å². The summed E-state index contributed by atoms with van der Waals surface area (Å²) in [5.41, 5.74) is 1.54. The van der Waals surface area contributed by atoms with Gasteiger partial charge in [0.15, 0.2) is 0 Å². The van der Waals surface area contributed by atoms with Crippen molar-refractivity contribution in [3.05, 3.63) is 66.2 Å². The molecule has 0 radical (unpaired) electrons. The van der Waals surface area contributed by atoms with Crippen LogP contribution in [-0.4, -0.2) is 5.91 Å². The van der Waals surface area contributed by atoms with Gasteiger partial charge >= 0.3 is 0 Å². The lowest BCUT2D eigenvalue weighted by Crippen LogP contribution is -2.17. The summed E-state index contributed by atoms with van der Waals surface area (Å²) >= 11 is 6.09. The number of hydrogen-bond acceptors (Lipinski definition) is 1. The van der Waals surface area contributed by atoms with Crippen molar-refractivity contribution in [3.8, 4) is 0 Å². The van der Waals surface area contributed by atoms with Crippen LogP contribution in [0.1, 0.15) is 10.9 Å². The van der Waals surface area contributed by atoms with Gasteiger partial charge in [-0.15, -0.1) is 11.6 Å². The largest absolute Gasteiger partial charge is 0.325 e. The van der Waals surface area contributed by atoms with Gasteiger partial charge in [0.05, 0.1) is 0 Å². The number of amides is 1. The van der Waals surface area contributed by atoms with Gasteiger partial charge in [0.2, 0.25) is 5.91 Å². The Labute approximate surface area is 105 Å². The highest BCUT2D eigenvalue weighted by Gasteiger charge is 2.16. The molecule has 2 aromatic rings. The number of rotatable bonds is 3. The molecule has 0 aliphatic rings. The summed E-state index contributed by atoms with van der Waals surface area (Å²) in [5.74, 6) is -0.218. The molecule has 1 atom stereocenters. The van der Waals surface area contributed by atoms with Crippen LogP contribution in [-0.2, 0) is 4.79 Å². The SMILES string of the molecule is O=C(Nc1ccccc1)C(Cl)c1ccccc1. The van der Waals surface area contributed by atoms with Crippen molar-refractivity contribution in [3.63, 3.8) is 0 Å². The number of anilines is 1. The number of hydrogen-bond donors (Lipinski definition) is 1. The Bertz CT molecular complexity index is 484. The maximum Gasteiger partial charge on any atom is 0.246 e. The van der Waals surface area contributed by atoms with Crippen LogP contribution >= 0.6 is 11.6 Å². The Morgan fingerprint density at radius 1 is 0.941 bits per heavy atom. The third-order valence-corrected chi connectivity index (χ3v) is 2.81. The molecule has 2 aromatic carbocycles. The molecular weight excluding hydrogens is 234 g/mol. The smallest absolute Gasteiger partial charge is 0.246 e. The minimum Gasteiger partial charge on any atom is -0.325 e. The molecule has 2 nitrogen and oxygen atoms in total. The Balaban J connectivity index is 2.06. The molecule has 0 heterocycles. The zero-order valence-electron chi connectivity index (χ0n) is 9.14. The predicted octanol–water partition coefficient (Wildman–Crippen LogP) is 3.61. The topological polar surface area (TPSA) is 29.1 Å². The number of carbonyl (C=O) groups excluding carboxylic acids is 1. The minimum absolute atomic E-state index is 0.218. The summed E-state index contributed by atoms with van der Waals surface area (Å²) in [5, 5.41) is 2.10. The average molecular weight is 246 g/mol. The number of benzene rings is 2. The van der Waals surface area contributed by atoms with Crippen molar-refractivity contribution in [2.24, 2.45) is 0 Å². The van der Waals surface area contributed by atoms with Crippen molar-refractivity contribution < 1.29 is 4.79 Å². The summed E-state index contributed by atoms with van der Waals surface area (Å²) in [6.45, 7) is 0. The van der Waals surface area contributed by atoms with E-state index >= 15 is 0 Å². The summed E-state index contributed by atoms with van der Waals surface area (Å²) in [4.78, 5) is 11.9. The summed E-state index contributed by atoms with van der Waals surface area (Å²) in [6, 6.07) is 18.6. The van der Waals surface area contributed by atoms with Crippen LogP contribution in [0.5, 0.6) is 0 Å². The Morgan fingerprint density at radius 3 is 2.06 bits per heavy atom. The van der Waals surface area contributed by atoms with Crippen LogP contribution in [0.4, 0.5) is 5.69 Å². The van der Waals surface area contributed by atoms with Gasteiger partial charge in [0.25, 0.3) is 0 Å². The fourth-order valence-electron chi connectivity index (χ4n) is 1.50. The van der Waals surface area contributed by atoms with Gasteiger partial charge in [-0.25, -0.2) is 0 Å². The van der Waals surface area contributed by atoms with E-state index in [1.165, 1.54) is 0 Å². The van der Waals surface area contributed by atoms with E-state index in [1.54, 1.807) is 0 Å². The lowest BCUT2D eigenvalue weighted by molar-refractivity contribution is -0.116. The molecule has 1 amide bonds. The van der Waals surface area contributed by atoms with Gasteiger partial charge in [-0.3, -0.25) is 4.79 Å². The molecule has 86 valence electrons. The van der Waals surface area contributed by atoms with Crippen molar-refractivity contribution in [1.82, 2.24) is 0 Å². The van der Waals surface area contributed by atoms with Gasteiger partial charge in [-0.2, -0.15) is 0 Å². The fraction of sp³-hybridized carbons (Fsp3) is 0.0714. The second kappa shape index (κ2) is 5.51. The predicted molar refractivity (Wildman–Crippen MR) is 70.1 cm³/mol. The second-order valence-corrected chi connectivity index (χ2v) is 4.06. The van der Waals surface area contributed by atoms with E-state index in [2.05, 4.69) is 5.32 Å². The molecule has 0 aromatic heterocycles. The number of alkyl halides is 1. The molecule has 3 heteroatoms. The fourth-order valence-corrected chi connectivity index (χ4v) is 1.70. The molecule has 1 N–H and O–H groups in total. The van der Waals surface area contributed by atoms with E-state index < -0.39 is 5.38 Å². The molecule has 1 unspecified atom stereocenters. The van der Waals surface area contributed by atoms with Crippen LogP contribution in [0, 0.1) is 0 Å².